The van der Waals surface area contributed by atoms with Crippen LogP contribution in [-0.4, -0.2) is 19.6 Å². The Morgan fingerprint density at radius 2 is 2.00 bits per heavy atom. The summed E-state index contributed by atoms with van der Waals surface area (Å²) in [6.45, 7) is 1.96. The normalized spacial score (nSPS) is 10.9. The molecule has 0 saturated carbocycles. The Bertz CT molecular complexity index is 673. The van der Waals surface area contributed by atoms with Gasteiger partial charge in [0.15, 0.2) is 5.65 Å². The summed E-state index contributed by atoms with van der Waals surface area (Å²) in [6.07, 6.45) is 5.13. The van der Waals surface area contributed by atoms with Gasteiger partial charge in [0.25, 0.3) is 0 Å². The lowest BCUT2D eigenvalue weighted by molar-refractivity contribution is 0.946. The van der Waals surface area contributed by atoms with Crippen LogP contribution < -0.4 is 0 Å². The zero-order valence-corrected chi connectivity index (χ0v) is 9.89. The molecule has 0 saturated heterocycles. The van der Waals surface area contributed by atoms with Crippen molar-refractivity contribution >= 4 is 17.2 Å². The Labute approximate surface area is 103 Å². The van der Waals surface area contributed by atoms with Crippen molar-refractivity contribution in [2.45, 2.75) is 6.92 Å². The predicted molar refractivity (Wildman–Crippen MR) is 66.0 cm³/mol. The Morgan fingerprint density at radius 3 is 2.76 bits per heavy atom. The SMILES string of the molecule is Cc1ccc(-c2ccnc3c(Cl)cnn23)cn1. The molecule has 4 nitrogen and oxygen atoms in total. The van der Waals surface area contributed by atoms with Crippen LogP contribution in [0.15, 0.2) is 36.8 Å². The molecule has 0 aliphatic rings. The van der Waals surface area contributed by atoms with Gasteiger partial charge in [-0.3, -0.25) is 4.98 Å². The molecule has 3 aromatic rings. The smallest absolute Gasteiger partial charge is 0.174 e. The lowest BCUT2D eigenvalue weighted by Crippen LogP contribution is -1.96. The van der Waals surface area contributed by atoms with Gasteiger partial charge in [-0.2, -0.15) is 5.10 Å². The van der Waals surface area contributed by atoms with E-state index in [1.54, 1.807) is 16.9 Å². The van der Waals surface area contributed by atoms with Gasteiger partial charge in [-0.1, -0.05) is 11.6 Å². The minimum Gasteiger partial charge on any atom is -0.261 e. The second kappa shape index (κ2) is 3.82. The van der Waals surface area contributed by atoms with Crippen LogP contribution in [0, 0.1) is 6.92 Å². The predicted octanol–water partition coefficient (Wildman–Crippen LogP) is 2.75. The number of aromatic nitrogens is 4. The molecule has 0 amide bonds. The molecule has 0 aliphatic carbocycles. The van der Waals surface area contributed by atoms with Gasteiger partial charge < -0.3 is 0 Å². The molecular formula is C12H9ClN4. The zero-order chi connectivity index (χ0) is 11.8. The Kier molecular flexibility index (Phi) is 2.30. The van der Waals surface area contributed by atoms with Crippen molar-refractivity contribution in [2.75, 3.05) is 0 Å². The Hall–Kier alpha value is -1.94. The molecule has 17 heavy (non-hydrogen) atoms. The van der Waals surface area contributed by atoms with Gasteiger partial charge in [0.2, 0.25) is 0 Å². The van der Waals surface area contributed by atoms with E-state index in [2.05, 4.69) is 15.1 Å². The maximum Gasteiger partial charge on any atom is 0.174 e. The summed E-state index contributed by atoms with van der Waals surface area (Å²) in [5.41, 5.74) is 3.56. The van der Waals surface area contributed by atoms with Crippen LogP contribution in [0.3, 0.4) is 0 Å². The summed E-state index contributed by atoms with van der Waals surface area (Å²) >= 11 is 6.00. The topological polar surface area (TPSA) is 43.1 Å². The molecule has 0 aromatic carbocycles. The van der Waals surface area contributed by atoms with Gasteiger partial charge in [-0.05, 0) is 25.1 Å². The number of fused-ring (bicyclic) bond motifs is 1. The highest BCUT2D eigenvalue weighted by molar-refractivity contribution is 6.33. The number of nitrogens with zero attached hydrogens (tertiary/aromatic N) is 4. The van der Waals surface area contributed by atoms with E-state index in [0.29, 0.717) is 10.7 Å². The van der Waals surface area contributed by atoms with E-state index < -0.39 is 0 Å². The number of hydrogen-bond acceptors (Lipinski definition) is 3. The third-order valence-electron chi connectivity index (χ3n) is 2.57. The van der Waals surface area contributed by atoms with Crippen LogP contribution in [0.4, 0.5) is 0 Å². The number of pyridine rings is 1. The standard InChI is InChI=1S/C12H9ClN4/c1-8-2-3-9(6-15-8)11-4-5-14-12-10(13)7-16-17(11)12/h2-7H,1H3. The fourth-order valence-electron chi connectivity index (χ4n) is 1.70. The summed E-state index contributed by atoms with van der Waals surface area (Å²) in [5.74, 6) is 0. The highest BCUT2D eigenvalue weighted by atomic mass is 35.5. The summed E-state index contributed by atoms with van der Waals surface area (Å²) in [7, 11) is 0. The van der Waals surface area contributed by atoms with Gasteiger partial charge in [0.05, 0.1) is 11.9 Å². The largest absolute Gasteiger partial charge is 0.261 e. The Balaban J connectivity index is 2.26. The zero-order valence-electron chi connectivity index (χ0n) is 9.13. The second-order valence-electron chi connectivity index (χ2n) is 3.75. The third-order valence-corrected chi connectivity index (χ3v) is 2.83. The lowest BCUT2D eigenvalue weighted by atomic mass is 10.2. The van der Waals surface area contributed by atoms with Crippen LogP contribution >= 0.6 is 11.6 Å². The highest BCUT2D eigenvalue weighted by Crippen LogP contribution is 2.22. The summed E-state index contributed by atoms with van der Waals surface area (Å²) in [5, 5.41) is 4.76. The first-order chi connectivity index (χ1) is 8.25. The molecule has 3 heterocycles. The van der Waals surface area contributed by atoms with Crippen LogP contribution in [0.5, 0.6) is 0 Å². The fraction of sp³-hybridized carbons (Fsp3) is 0.0833. The molecular weight excluding hydrogens is 236 g/mol. The van der Waals surface area contributed by atoms with E-state index in [1.807, 2.05) is 31.3 Å². The highest BCUT2D eigenvalue weighted by Gasteiger charge is 2.08. The van der Waals surface area contributed by atoms with Gasteiger partial charge in [0.1, 0.15) is 5.02 Å². The van der Waals surface area contributed by atoms with Crippen molar-refractivity contribution in [3.05, 3.63) is 47.5 Å². The molecule has 0 fully saturated rings. The van der Waals surface area contributed by atoms with Crippen molar-refractivity contribution in [1.82, 2.24) is 19.6 Å². The second-order valence-corrected chi connectivity index (χ2v) is 4.15. The molecule has 0 atom stereocenters. The first-order valence-corrected chi connectivity index (χ1v) is 5.55. The maximum absolute atomic E-state index is 6.00. The number of rotatable bonds is 1. The number of halogens is 1. The summed E-state index contributed by atoms with van der Waals surface area (Å²) < 4.78 is 1.72. The summed E-state index contributed by atoms with van der Waals surface area (Å²) in [6, 6.07) is 5.86. The van der Waals surface area contributed by atoms with Gasteiger partial charge in [0, 0.05) is 23.7 Å². The monoisotopic (exact) mass is 244 g/mol. The molecule has 3 rings (SSSR count). The molecule has 3 aromatic heterocycles. The van der Waals surface area contributed by atoms with Gasteiger partial charge >= 0.3 is 0 Å². The third kappa shape index (κ3) is 1.66. The minimum absolute atomic E-state index is 0.548. The van der Waals surface area contributed by atoms with Crippen molar-refractivity contribution in [1.29, 1.82) is 0 Å². The van der Waals surface area contributed by atoms with Crippen molar-refractivity contribution < 1.29 is 0 Å². The molecule has 0 bridgehead atoms. The van der Waals surface area contributed by atoms with E-state index in [-0.39, 0.29) is 0 Å². The first kappa shape index (κ1) is 10.2. The molecule has 0 spiro atoms. The van der Waals surface area contributed by atoms with Crippen LogP contribution in [-0.2, 0) is 0 Å². The van der Waals surface area contributed by atoms with Crippen molar-refractivity contribution in [3.8, 4) is 11.3 Å². The van der Waals surface area contributed by atoms with Crippen molar-refractivity contribution in [3.63, 3.8) is 0 Å². The van der Waals surface area contributed by atoms with E-state index in [0.717, 1.165) is 17.0 Å². The molecule has 0 radical (unpaired) electrons. The molecule has 5 heteroatoms. The first-order valence-electron chi connectivity index (χ1n) is 5.17. The van der Waals surface area contributed by atoms with E-state index in [1.165, 1.54) is 0 Å². The average Bonchev–Trinajstić information content (AvgIpc) is 2.73. The van der Waals surface area contributed by atoms with E-state index in [4.69, 9.17) is 11.6 Å². The summed E-state index contributed by atoms with van der Waals surface area (Å²) in [4.78, 5) is 8.47. The van der Waals surface area contributed by atoms with Gasteiger partial charge in [-0.25, -0.2) is 9.50 Å². The quantitative estimate of drug-likeness (QED) is 0.661. The lowest BCUT2D eigenvalue weighted by Gasteiger charge is -2.04. The number of aryl methyl sites for hydroxylation is 1. The molecule has 0 aliphatic heterocycles. The van der Waals surface area contributed by atoms with Crippen LogP contribution in [0.25, 0.3) is 16.9 Å². The minimum atomic E-state index is 0.548. The molecule has 0 N–H and O–H groups in total. The van der Waals surface area contributed by atoms with Crippen LogP contribution in [0.1, 0.15) is 5.69 Å². The van der Waals surface area contributed by atoms with E-state index >= 15 is 0 Å². The molecule has 84 valence electrons. The average molecular weight is 245 g/mol. The fourth-order valence-corrected chi connectivity index (χ4v) is 1.87. The maximum atomic E-state index is 6.00. The number of hydrogen-bond donors (Lipinski definition) is 0. The Morgan fingerprint density at radius 1 is 1.12 bits per heavy atom. The van der Waals surface area contributed by atoms with Crippen molar-refractivity contribution in [2.24, 2.45) is 0 Å². The van der Waals surface area contributed by atoms with Gasteiger partial charge in [-0.15, -0.1) is 0 Å². The molecule has 0 unspecified atom stereocenters. The van der Waals surface area contributed by atoms with Crippen LogP contribution in [0.2, 0.25) is 5.02 Å². The van der Waals surface area contributed by atoms with E-state index in [9.17, 15) is 0 Å².